The lowest BCUT2D eigenvalue weighted by molar-refractivity contribution is -0.142. The van der Waals surface area contributed by atoms with E-state index in [0.29, 0.717) is 18.0 Å². The fourth-order valence-corrected chi connectivity index (χ4v) is 2.99. The van der Waals surface area contributed by atoms with E-state index < -0.39 is 12.6 Å². The van der Waals surface area contributed by atoms with Crippen LogP contribution in [-0.2, 0) is 14.3 Å². The second-order valence-corrected chi connectivity index (χ2v) is 6.71. The van der Waals surface area contributed by atoms with Gasteiger partial charge in [0.05, 0.1) is 19.1 Å². The molecule has 2 rings (SSSR count). The largest absolute Gasteiger partial charge is 0.493 e. The summed E-state index contributed by atoms with van der Waals surface area (Å²) in [6, 6.07) is 15.1. The van der Waals surface area contributed by atoms with Crippen LogP contribution in [0.4, 0.5) is 5.69 Å². The summed E-state index contributed by atoms with van der Waals surface area (Å²) < 4.78 is 10.6. The van der Waals surface area contributed by atoms with Crippen LogP contribution < -0.4 is 9.64 Å². The summed E-state index contributed by atoms with van der Waals surface area (Å²) >= 11 is 0. The maximum absolute atomic E-state index is 12.7. The molecule has 6 heteroatoms. The van der Waals surface area contributed by atoms with Gasteiger partial charge in [0.1, 0.15) is 5.75 Å². The predicted octanol–water partition coefficient (Wildman–Crippen LogP) is 4.21. The Bertz CT molecular complexity index is 940. The van der Waals surface area contributed by atoms with Crippen molar-refractivity contribution in [1.82, 2.24) is 0 Å². The van der Waals surface area contributed by atoms with Gasteiger partial charge in [0.25, 0.3) is 5.91 Å². The summed E-state index contributed by atoms with van der Waals surface area (Å²) in [7, 11) is 0. The Balaban J connectivity index is 2.04. The molecule has 0 spiro atoms. The summed E-state index contributed by atoms with van der Waals surface area (Å²) in [4.78, 5) is 26.3. The van der Waals surface area contributed by atoms with Crippen molar-refractivity contribution in [2.45, 2.75) is 27.2 Å². The van der Waals surface area contributed by atoms with Crippen LogP contribution in [0.3, 0.4) is 0 Å². The van der Waals surface area contributed by atoms with Crippen LogP contribution in [0, 0.1) is 25.2 Å². The van der Waals surface area contributed by atoms with Gasteiger partial charge in [-0.15, -0.1) is 0 Å². The van der Waals surface area contributed by atoms with E-state index in [1.807, 2.05) is 69.3 Å². The van der Waals surface area contributed by atoms with Crippen molar-refractivity contribution in [2.24, 2.45) is 0 Å². The number of amides is 1. The van der Waals surface area contributed by atoms with Crippen molar-refractivity contribution in [1.29, 1.82) is 5.26 Å². The Labute approximate surface area is 177 Å². The molecule has 0 unspecified atom stereocenters. The number of aryl methyl sites for hydroxylation is 2. The van der Waals surface area contributed by atoms with Crippen molar-refractivity contribution >= 4 is 23.6 Å². The number of nitriles is 1. The number of ether oxygens (including phenoxy) is 2. The van der Waals surface area contributed by atoms with E-state index >= 15 is 0 Å². The number of nitrogens with zero attached hydrogens (tertiary/aromatic N) is 2. The average molecular weight is 406 g/mol. The summed E-state index contributed by atoms with van der Waals surface area (Å²) in [5.41, 5.74) is 3.44. The second-order valence-electron chi connectivity index (χ2n) is 6.71. The fraction of sp³-hybridized carbons (Fsp3) is 0.292. The van der Waals surface area contributed by atoms with E-state index in [-0.39, 0.29) is 18.9 Å². The zero-order chi connectivity index (χ0) is 21.9. The minimum Gasteiger partial charge on any atom is -0.493 e. The summed E-state index contributed by atoms with van der Waals surface area (Å²) in [6.07, 6.45) is 3.04. The first-order chi connectivity index (χ1) is 14.4. The lowest BCUT2D eigenvalue weighted by atomic mass is 10.1. The first kappa shape index (κ1) is 22.7. The molecule has 0 aliphatic carbocycles. The molecule has 156 valence electrons. The molecule has 0 aromatic heterocycles. The van der Waals surface area contributed by atoms with Crippen LogP contribution in [-0.4, -0.2) is 31.6 Å². The van der Waals surface area contributed by atoms with Gasteiger partial charge in [-0.1, -0.05) is 24.3 Å². The molecule has 6 nitrogen and oxygen atoms in total. The third-order valence-electron chi connectivity index (χ3n) is 4.22. The van der Waals surface area contributed by atoms with Crippen LogP contribution in [0.15, 0.2) is 48.5 Å². The number of hydrogen-bond donors (Lipinski definition) is 0. The van der Waals surface area contributed by atoms with Crippen molar-refractivity contribution in [2.75, 3.05) is 24.7 Å². The highest BCUT2D eigenvalue weighted by molar-refractivity contribution is 5.96. The van der Waals surface area contributed by atoms with Gasteiger partial charge in [-0.05, 0) is 56.2 Å². The summed E-state index contributed by atoms with van der Waals surface area (Å²) in [5, 5.41) is 8.92. The number of carbonyl (C=O) groups is 2. The third kappa shape index (κ3) is 6.78. The summed E-state index contributed by atoms with van der Waals surface area (Å²) in [5.74, 6) is -0.348. The van der Waals surface area contributed by atoms with E-state index in [2.05, 4.69) is 0 Å². The number of rotatable bonds is 9. The van der Waals surface area contributed by atoms with Crippen LogP contribution >= 0.6 is 0 Å². The molecule has 0 saturated heterocycles. The SMILES string of the molecule is CCOc1ccccc1/C=C/C(=O)OCC(=O)N(CCC#N)c1cc(C)cc(C)c1. The molecule has 0 aliphatic heterocycles. The predicted molar refractivity (Wildman–Crippen MR) is 116 cm³/mol. The Morgan fingerprint density at radius 1 is 1.13 bits per heavy atom. The maximum Gasteiger partial charge on any atom is 0.331 e. The van der Waals surface area contributed by atoms with Gasteiger partial charge >= 0.3 is 5.97 Å². The molecular weight excluding hydrogens is 380 g/mol. The zero-order valence-corrected chi connectivity index (χ0v) is 17.6. The molecule has 30 heavy (non-hydrogen) atoms. The average Bonchev–Trinajstić information content (AvgIpc) is 2.71. The van der Waals surface area contributed by atoms with Crippen molar-refractivity contribution in [3.05, 3.63) is 65.2 Å². The van der Waals surface area contributed by atoms with Gasteiger partial charge in [0.2, 0.25) is 0 Å². The number of carbonyl (C=O) groups excluding carboxylic acids is 2. The quantitative estimate of drug-likeness (QED) is 0.460. The van der Waals surface area contributed by atoms with Crippen molar-refractivity contribution in [3.8, 4) is 11.8 Å². The normalized spacial score (nSPS) is 10.5. The van der Waals surface area contributed by atoms with Gasteiger partial charge in [0, 0.05) is 23.9 Å². The topological polar surface area (TPSA) is 79.6 Å². The highest BCUT2D eigenvalue weighted by atomic mass is 16.5. The van der Waals surface area contributed by atoms with E-state index in [1.165, 1.54) is 11.0 Å². The van der Waals surface area contributed by atoms with Crippen LogP contribution in [0.2, 0.25) is 0 Å². The molecule has 0 saturated carbocycles. The Morgan fingerprint density at radius 2 is 1.83 bits per heavy atom. The second kappa shape index (κ2) is 11.4. The van der Waals surface area contributed by atoms with E-state index in [9.17, 15) is 9.59 Å². The highest BCUT2D eigenvalue weighted by Gasteiger charge is 2.17. The first-order valence-electron chi connectivity index (χ1n) is 9.77. The molecule has 0 aliphatic rings. The number of hydrogen-bond acceptors (Lipinski definition) is 5. The first-order valence-corrected chi connectivity index (χ1v) is 9.77. The van der Waals surface area contributed by atoms with Crippen molar-refractivity contribution in [3.63, 3.8) is 0 Å². The number of para-hydroxylation sites is 1. The van der Waals surface area contributed by atoms with E-state index in [4.69, 9.17) is 14.7 Å². The van der Waals surface area contributed by atoms with Gasteiger partial charge in [-0.3, -0.25) is 4.79 Å². The zero-order valence-electron chi connectivity index (χ0n) is 17.6. The van der Waals surface area contributed by atoms with Gasteiger partial charge in [-0.2, -0.15) is 5.26 Å². The molecule has 0 N–H and O–H groups in total. The summed E-state index contributed by atoms with van der Waals surface area (Å²) in [6.45, 7) is 6.10. The molecule has 1 amide bonds. The fourth-order valence-electron chi connectivity index (χ4n) is 2.99. The number of anilines is 1. The Morgan fingerprint density at radius 3 is 2.50 bits per heavy atom. The maximum atomic E-state index is 12.7. The lowest BCUT2D eigenvalue weighted by Crippen LogP contribution is -2.35. The Kier molecular flexibility index (Phi) is 8.64. The molecule has 0 atom stereocenters. The minimum atomic E-state index is -0.629. The Hall–Kier alpha value is -3.59. The van der Waals surface area contributed by atoms with E-state index in [1.54, 1.807) is 6.08 Å². The monoisotopic (exact) mass is 406 g/mol. The minimum absolute atomic E-state index is 0.181. The molecule has 0 radical (unpaired) electrons. The van der Waals surface area contributed by atoms with Gasteiger partial charge < -0.3 is 14.4 Å². The molecule has 2 aromatic rings. The number of benzene rings is 2. The van der Waals surface area contributed by atoms with Crippen LogP contribution in [0.5, 0.6) is 5.75 Å². The molecule has 0 fully saturated rings. The standard InChI is InChI=1S/C24H26N2O4/c1-4-29-22-9-6-5-8-20(22)10-11-24(28)30-17-23(27)26(13-7-12-25)21-15-18(2)14-19(3)16-21/h5-6,8-11,14-16H,4,7,13,17H2,1-3H3/b11-10+. The lowest BCUT2D eigenvalue weighted by Gasteiger charge is -2.22. The van der Waals surface area contributed by atoms with Crippen LogP contribution in [0.25, 0.3) is 6.08 Å². The smallest absolute Gasteiger partial charge is 0.331 e. The van der Waals surface area contributed by atoms with Gasteiger partial charge in [-0.25, -0.2) is 4.79 Å². The van der Waals surface area contributed by atoms with Crippen molar-refractivity contribution < 1.29 is 19.1 Å². The highest BCUT2D eigenvalue weighted by Crippen LogP contribution is 2.20. The van der Waals surface area contributed by atoms with E-state index in [0.717, 1.165) is 16.7 Å². The van der Waals surface area contributed by atoms with Gasteiger partial charge in [0.15, 0.2) is 6.61 Å². The number of esters is 1. The molecule has 0 bridgehead atoms. The van der Waals surface area contributed by atoms with Crippen LogP contribution in [0.1, 0.15) is 30.0 Å². The molecule has 2 aromatic carbocycles. The third-order valence-corrected chi connectivity index (χ3v) is 4.22. The molecular formula is C24H26N2O4. The molecule has 0 heterocycles.